The topological polar surface area (TPSA) is 78.5 Å². The van der Waals surface area contributed by atoms with Crippen molar-refractivity contribution >= 4 is 22.9 Å². The molecule has 0 radical (unpaired) electrons. The van der Waals surface area contributed by atoms with E-state index in [-0.39, 0.29) is 0 Å². The number of fused-ring (bicyclic) bond motifs is 1. The summed E-state index contributed by atoms with van der Waals surface area (Å²) < 4.78 is 0. The zero-order chi connectivity index (χ0) is 12.4. The maximum atomic E-state index is 4.43. The van der Waals surface area contributed by atoms with E-state index in [0.29, 0.717) is 11.6 Å². The van der Waals surface area contributed by atoms with Crippen molar-refractivity contribution in [2.75, 3.05) is 24.2 Å². The van der Waals surface area contributed by atoms with Crippen molar-refractivity contribution < 1.29 is 0 Å². The summed E-state index contributed by atoms with van der Waals surface area (Å²) in [6.45, 7) is 0.957. The van der Waals surface area contributed by atoms with Gasteiger partial charge in [0.1, 0.15) is 5.52 Å². The molecule has 6 heteroatoms. The first-order valence-corrected chi connectivity index (χ1v) is 6.49. The van der Waals surface area contributed by atoms with Crippen LogP contribution in [-0.2, 0) is 0 Å². The van der Waals surface area contributed by atoms with Gasteiger partial charge < -0.3 is 15.6 Å². The molecule has 1 aliphatic carbocycles. The molecule has 3 N–H and O–H groups in total. The number of imidazole rings is 1. The van der Waals surface area contributed by atoms with Gasteiger partial charge in [-0.15, -0.1) is 0 Å². The molecule has 1 aliphatic rings. The Labute approximate surface area is 106 Å². The highest BCUT2D eigenvalue weighted by Gasteiger charge is 2.17. The Morgan fingerprint density at radius 2 is 2.28 bits per heavy atom. The second-order valence-electron chi connectivity index (χ2n) is 4.76. The van der Waals surface area contributed by atoms with Gasteiger partial charge in [-0.05, 0) is 12.3 Å². The number of nitrogens with zero attached hydrogens (tertiary/aromatic N) is 3. The lowest BCUT2D eigenvalue weighted by Crippen LogP contribution is -2.16. The Morgan fingerprint density at radius 3 is 3.00 bits per heavy atom. The molecule has 2 heterocycles. The van der Waals surface area contributed by atoms with Gasteiger partial charge in [0.25, 0.3) is 0 Å². The normalized spacial score (nSPS) is 15.6. The van der Waals surface area contributed by atoms with Crippen LogP contribution in [0.25, 0.3) is 11.2 Å². The monoisotopic (exact) mass is 246 g/mol. The minimum Gasteiger partial charge on any atom is -0.368 e. The molecule has 0 aromatic carbocycles. The van der Waals surface area contributed by atoms with Crippen molar-refractivity contribution in [2.45, 2.75) is 25.7 Å². The highest BCUT2D eigenvalue weighted by Crippen LogP contribution is 2.29. The lowest BCUT2D eigenvalue weighted by atomic mass is 9.83. The first-order chi connectivity index (χ1) is 8.86. The van der Waals surface area contributed by atoms with Crippen LogP contribution in [0.1, 0.15) is 25.7 Å². The number of hydrogen-bond donors (Lipinski definition) is 3. The summed E-state index contributed by atoms with van der Waals surface area (Å²) in [4.78, 5) is 16.0. The smallest absolute Gasteiger partial charge is 0.226 e. The maximum Gasteiger partial charge on any atom is 0.226 e. The zero-order valence-electron chi connectivity index (χ0n) is 10.5. The van der Waals surface area contributed by atoms with Gasteiger partial charge in [-0.25, -0.2) is 4.98 Å². The summed E-state index contributed by atoms with van der Waals surface area (Å²) in [5, 5.41) is 6.34. The third kappa shape index (κ3) is 2.10. The summed E-state index contributed by atoms with van der Waals surface area (Å²) in [5.41, 5.74) is 1.57. The molecule has 1 fully saturated rings. The fraction of sp³-hybridized carbons (Fsp3) is 0.583. The van der Waals surface area contributed by atoms with Crippen LogP contribution in [0.3, 0.4) is 0 Å². The molecule has 0 bridgehead atoms. The highest BCUT2D eigenvalue weighted by atomic mass is 15.2. The van der Waals surface area contributed by atoms with Crippen molar-refractivity contribution in [3.8, 4) is 0 Å². The SMILES string of the molecule is CNc1nc(NCCC2CCC2)c2[nH]cnc2n1. The molecule has 0 amide bonds. The predicted molar refractivity (Wildman–Crippen MR) is 71.7 cm³/mol. The number of aromatic amines is 1. The summed E-state index contributed by atoms with van der Waals surface area (Å²) >= 11 is 0. The summed E-state index contributed by atoms with van der Waals surface area (Å²) in [6, 6.07) is 0. The van der Waals surface area contributed by atoms with Gasteiger partial charge in [0, 0.05) is 13.6 Å². The molecule has 0 atom stereocenters. The second kappa shape index (κ2) is 4.80. The first-order valence-electron chi connectivity index (χ1n) is 6.49. The molecule has 0 spiro atoms. The van der Waals surface area contributed by atoms with Crippen molar-refractivity contribution in [1.82, 2.24) is 19.9 Å². The third-order valence-corrected chi connectivity index (χ3v) is 3.58. The molecule has 6 nitrogen and oxygen atoms in total. The van der Waals surface area contributed by atoms with Gasteiger partial charge >= 0.3 is 0 Å². The number of anilines is 2. The van der Waals surface area contributed by atoms with Crippen LogP contribution in [0, 0.1) is 5.92 Å². The van der Waals surface area contributed by atoms with Crippen molar-refractivity contribution in [2.24, 2.45) is 5.92 Å². The van der Waals surface area contributed by atoms with Gasteiger partial charge in [-0.1, -0.05) is 19.3 Å². The minimum absolute atomic E-state index is 0.598. The van der Waals surface area contributed by atoms with E-state index in [1.54, 1.807) is 6.33 Å². The van der Waals surface area contributed by atoms with Gasteiger partial charge in [0.05, 0.1) is 6.33 Å². The summed E-state index contributed by atoms with van der Waals surface area (Å²) in [5.74, 6) is 2.34. The molecule has 0 saturated heterocycles. The lowest BCUT2D eigenvalue weighted by Gasteiger charge is -2.25. The molecule has 2 aromatic heterocycles. The van der Waals surface area contributed by atoms with Crippen LogP contribution >= 0.6 is 0 Å². The molecule has 0 aliphatic heterocycles. The first kappa shape index (κ1) is 11.3. The Hall–Kier alpha value is -1.85. The van der Waals surface area contributed by atoms with E-state index < -0.39 is 0 Å². The van der Waals surface area contributed by atoms with Gasteiger partial charge in [0.2, 0.25) is 5.95 Å². The van der Waals surface area contributed by atoms with Crippen LogP contribution in [0.15, 0.2) is 6.33 Å². The Bertz CT molecular complexity index is 530. The van der Waals surface area contributed by atoms with Crippen LogP contribution in [0.2, 0.25) is 0 Å². The van der Waals surface area contributed by atoms with E-state index in [1.807, 2.05) is 7.05 Å². The van der Waals surface area contributed by atoms with Gasteiger partial charge in [0.15, 0.2) is 11.5 Å². The van der Waals surface area contributed by atoms with E-state index in [4.69, 9.17) is 0 Å². The molecular formula is C12H18N6. The van der Waals surface area contributed by atoms with Crippen LogP contribution in [-0.4, -0.2) is 33.5 Å². The lowest BCUT2D eigenvalue weighted by molar-refractivity contribution is 0.303. The van der Waals surface area contributed by atoms with Crippen LogP contribution < -0.4 is 10.6 Å². The number of H-pyrrole nitrogens is 1. The molecule has 3 rings (SSSR count). The van der Waals surface area contributed by atoms with Crippen LogP contribution in [0.4, 0.5) is 11.8 Å². The van der Waals surface area contributed by atoms with Crippen LogP contribution in [0.5, 0.6) is 0 Å². The number of nitrogens with one attached hydrogen (secondary N) is 3. The van der Waals surface area contributed by atoms with Crippen molar-refractivity contribution in [3.05, 3.63) is 6.33 Å². The Balaban J connectivity index is 1.74. The number of aromatic nitrogens is 4. The van der Waals surface area contributed by atoms with Gasteiger partial charge in [-0.3, -0.25) is 0 Å². The summed E-state index contributed by atoms with van der Waals surface area (Å²) in [6.07, 6.45) is 7.02. The Morgan fingerprint density at radius 1 is 1.39 bits per heavy atom. The second-order valence-corrected chi connectivity index (χ2v) is 4.76. The molecule has 2 aromatic rings. The van der Waals surface area contributed by atoms with E-state index >= 15 is 0 Å². The predicted octanol–water partition coefficient (Wildman–Crippen LogP) is 2.00. The molecule has 18 heavy (non-hydrogen) atoms. The average molecular weight is 246 g/mol. The molecule has 0 unspecified atom stereocenters. The highest BCUT2D eigenvalue weighted by molar-refractivity contribution is 5.83. The van der Waals surface area contributed by atoms with E-state index in [9.17, 15) is 0 Å². The average Bonchev–Trinajstić information content (AvgIpc) is 2.80. The minimum atomic E-state index is 0.598. The van der Waals surface area contributed by atoms with E-state index in [2.05, 4.69) is 30.6 Å². The molecular weight excluding hydrogens is 228 g/mol. The number of hydrogen-bond acceptors (Lipinski definition) is 5. The fourth-order valence-electron chi connectivity index (χ4n) is 2.25. The maximum absolute atomic E-state index is 4.43. The fourth-order valence-corrected chi connectivity index (χ4v) is 2.25. The van der Waals surface area contributed by atoms with Gasteiger partial charge in [-0.2, -0.15) is 9.97 Å². The van der Waals surface area contributed by atoms with Crippen molar-refractivity contribution in [1.29, 1.82) is 0 Å². The number of rotatable bonds is 5. The molecule has 1 saturated carbocycles. The molecule has 96 valence electrons. The third-order valence-electron chi connectivity index (χ3n) is 3.58. The quantitative estimate of drug-likeness (QED) is 0.752. The van der Waals surface area contributed by atoms with Crippen molar-refractivity contribution in [3.63, 3.8) is 0 Å². The van der Waals surface area contributed by atoms with E-state index in [1.165, 1.54) is 25.7 Å². The largest absolute Gasteiger partial charge is 0.368 e. The van der Waals surface area contributed by atoms with E-state index in [0.717, 1.165) is 23.8 Å². The summed E-state index contributed by atoms with van der Waals surface area (Å²) in [7, 11) is 1.81. The Kier molecular flexibility index (Phi) is 3.00. The zero-order valence-corrected chi connectivity index (χ0v) is 10.5. The standard InChI is InChI=1S/C12H18N6/c1-13-12-17-10(9-11(18-12)16-7-15-9)14-6-5-8-3-2-4-8/h7-8H,2-6H2,1H3,(H3,13,14,15,16,17,18).